The molecule has 2 aromatic carbocycles. The van der Waals surface area contributed by atoms with E-state index in [1.54, 1.807) is 0 Å². The molecule has 1 heterocycles. The van der Waals surface area contributed by atoms with E-state index in [0.717, 1.165) is 30.6 Å². The molecule has 3 rings (SSSR count). The number of hydrogen-bond donors (Lipinski definition) is 1. The summed E-state index contributed by atoms with van der Waals surface area (Å²) in [6.45, 7) is 6.49. The summed E-state index contributed by atoms with van der Waals surface area (Å²) in [4.78, 5) is 5.23. The van der Waals surface area contributed by atoms with Crippen LogP contribution in [0, 0.1) is 6.92 Å². The van der Waals surface area contributed by atoms with Crippen LogP contribution in [0.1, 0.15) is 11.1 Å². The van der Waals surface area contributed by atoms with Gasteiger partial charge in [0.2, 0.25) is 0 Å². The highest BCUT2D eigenvalue weighted by atomic mass is 127. The van der Waals surface area contributed by atoms with Gasteiger partial charge in [0.25, 0.3) is 0 Å². The molecule has 0 aliphatic carbocycles. The van der Waals surface area contributed by atoms with Crippen molar-refractivity contribution in [3.8, 4) is 0 Å². The standard InChI is InChI=1S/C18H21IN2S/c1-14-6-7-17(15(12-14)13-19)22-18-5-3-2-4-16(18)21-10-8-20-9-11-21/h2-7,12,20H,8-11,13H2,1H3. The zero-order valence-electron chi connectivity index (χ0n) is 12.8. The highest BCUT2D eigenvalue weighted by Gasteiger charge is 2.15. The minimum absolute atomic E-state index is 1.05. The second-order valence-electron chi connectivity index (χ2n) is 5.55. The largest absolute Gasteiger partial charge is 0.368 e. The van der Waals surface area contributed by atoms with Crippen molar-refractivity contribution in [3.05, 3.63) is 53.6 Å². The molecule has 1 saturated heterocycles. The van der Waals surface area contributed by atoms with E-state index in [0.29, 0.717) is 0 Å². The fourth-order valence-corrected chi connectivity index (χ4v) is 4.71. The van der Waals surface area contributed by atoms with Crippen LogP contribution in [0.5, 0.6) is 0 Å². The number of nitrogens with one attached hydrogen (secondary N) is 1. The summed E-state index contributed by atoms with van der Waals surface area (Å²) in [5.74, 6) is 0. The van der Waals surface area contributed by atoms with E-state index in [4.69, 9.17) is 0 Å². The average Bonchev–Trinajstić information content (AvgIpc) is 2.57. The molecule has 0 atom stereocenters. The molecule has 1 aliphatic heterocycles. The normalized spacial score (nSPS) is 15.1. The van der Waals surface area contributed by atoms with E-state index in [9.17, 15) is 0 Å². The predicted molar refractivity (Wildman–Crippen MR) is 105 cm³/mol. The maximum absolute atomic E-state index is 3.43. The first-order chi connectivity index (χ1) is 10.8. The SMILES string of the molecule is Cc1ccc(Sc2ccccc2N2CCNCC2)c(CI)c1. The Balaban J connectivity index is 1.89. The zero-order valence-corrected chi connectivity index (χ0v) is 15.8. The van der Waals surface area contributed by atoms with Gasteiger partial charge in [0, 0.05) is 40.4 Å². The van der Waals surface area contributed by atoms with Gasteiger partial charge in [0.15, 0.2) is 0 Å². The molecule has 4 heteroatoms. The molecule has 116 valence electrons. The fourth-order valence-electron chi connectivity index (χ4n) is 2.74. The first kappa shape index (κ1) is 16.1. The molecule has 1 fully saturated rings. The Morgan fingerprint density at radius 2 is 1.86 bits per heavy atom. The number of piperazine rings is 1. The third kappa shape index (κ3) is 3.78. The number of aryl methyl sites for hydroxylation is 1. The highest BCUT2D eigenvalue weighted by molar-refractivity contribution is 14.1. The smallest absolute Gasteiger partial charge is 0.0508 e. The van der Waals surface area contributed by atoms with Crippen molar-refractivity contribution in [1.29, 1.82) is 0 Å². The number of anilines is 1. The Hall–Kier alpha value is -0.720. The summed E-state index contributed by atoms with van der Waals surface area (Å²) >= 11 is 4.36. The first-order valence-electron chi connectivity index (χ1n) is 7.66. The maximum atomic E-state index is 3.43. The molecule has 0 unspecified atom stereocenters. The Bertz CT molecular complexity index is 639. The van der Waals surface area contributed by atoms with Crippen LogP contribution in [-0.2, 0) is 4.43 Å². The number of para-hydroxylation sites is 1. The molecule has 2 aromatic rings. The van der Waals surface area contributed by atoms with Gasteiger partial charge in [-0.25, -0.2) is 0 Å². The molecule has 0 spiro atoms. The molecular formula is C18H21IN2S. The van der Waals surface area contributed by atoms with Crippen molar-refractivity contribution < 1.29 is 0 Å². The second kappa shape index (κ2) is 7.70. The number of nitrogens with zero attached hydrogens (tertiary/aromatic N) is 1. The molecule has 0 amide bonds. The summed E-state index contributed by atoms with van der Waals surface area (Å²) in [5.41, 5.74) is 4.14. The van der Waals surface area contributed by atoms with Gasteiger partial charge in [-0.15, -0.1) is 0 Å². The van der Waals surface area contributed by atoms with Gasteiger partial charge in [0.1, 0.15) is 0 Å². The van der Waals surface area contributed by atoms with Crippen LogP contribution < -0.4 is 10.2 Å². The molecule has 0 radical (unpaired) electrons. The molecule has 1 N–H and O–H groups in total. The van der Waals surface area contributed by atoms with Crippen LogP contribution in [0.4, 0.5) is 5.69 Å². The Labute approximate surface area is 150 Å². The molecule has 1 aliphatic rings. The summed E-state index contributed by atoms with van der Waals surface area (Å²) in [6.07, 6.45) is 0. The van der Waals surface area contributed by atoms with Gasteiger partial charge in [-0.2, -0.15) is 0 Å². The van der Waals surface area contributed by atoms with E-state index in [1.165, 1.54) is 26.6 Å². The predicted octanol–water partition coefficient (Wildman–Crippen LogP) is 4.49. The van der Waals surface area contributed by atoms with E-state index < -0.39 is 0 Å². The van der Waals surface area contributed by atoms with Gasteiger partial charge < -0.3 is 10.2 Å². The highest BCUT2D eigenvalue weighted by Crippen LogP contribution is 2.38. The van der Waals surface area contributed by atoms with Crippen molar-refractivity contribution in [2.24, 2.45) is 0 Å². The Kier molecular flexibility index (Phi) is 5.66. The lowest BCUT2D eigenvalue weighted by molar-refractivity contribution is 0.587. The van der Waals surface area contributed by atoms with Gasteiger partial charge >= 0.3 is 0 Å². The quantitative estimate of drug-likeness (QED) is 0.575. The van der Waals surface area contributed by atoms with Gasteiger partial charge in [0.05, 0.1) is 5.69 Å². The zero-order chi connectivity index (χ0) is 15.4. The maximum Gasteiger partial charge on any atom is 0.0508 e. The van der Waals surface area contributed by atoms with E-state index in [-0.39, 0.29) is 0 Å². The van der Waals surface area contributed by atoms with Crippen molar-refractivity contribution in [1.82, 2.24) is 5.32 Å². The minimum Gasteiger partial charge on any atom is -0.368 e. The number of rotatable bonds is 4. The molecule has 0 bridgehead atoms. The minimum atomic E-state index is 1.05. The van der Waals surface area contributed by atoms with Crippen molar-refractivity contribution in [2.45, 2.75) is 21.1 Å². The average molecular weight is 424 g/mol. The van der Waals surface area contributed by atoms with E-state index >= 15 is 0 Å². The van der Waals surface area contributed by atoms with Crippen LogP contribution in [0.3, 0.4) is 0 Å². The lowest BCUT2D eigenvalue weighted by atomic mass is 10.2. The molecular weight excluding hydrogens is 403 g/mol. The summed E-state index contributed by atoms with van der Waals surface area (Å²) in [7, 11) is 0. The van der Waals surface area contributed by atoms with Crippen molar-refractivity contribution in [3.63, 3.8) is 0 Å². The van der Waals surface area contributed by atoms with Gasteiger partial charge in [-0.1, -0.05) is 64.2 Å². The molecule has 0 saturated carbocycles. The number of hydrogen-bond acceptors (Lipinski definition) is 3. The molecule has 22 heavy (non-hydrogen) atoms. The van der Waals surface area contributed by atoms with E-state index in [1.807, 2.05) is 11.8 Å². The summed E-state index contributed by atoms with van der Waals surface area (Å²) < 4.78 is 1.05. The van der Waals surface area contributed by atoms with Gasteiger partial charge in [-0.05, 0) is 30.7 Å². The lowest BCUT2D eigenvalue weighted by Crippen LogP contribution is -2.43. The Morgan fingerprint density at radius 3 is 2.64 bits per heavy atom. The van der Waals surface area contributed by atoms with Crippen LogP contribution in [0.2, 0.25) is 0 Å². The van der Waals surface area contributed by atoms with Crippen LogP contribution >= 0.6 is 34.4 Å². The number of benzene rings is 2. The van der Waals surface area contributed by atoms with Crippen molar-refractivity contribution in [2.75, 3.05) is 31.1 Å². The number of alkyl halides is 1. The van der Waals surface area contributed by atoms with E-state index in [2.05, 4.69) is 82.2 Å². The van der Waals surface area contributed by atoms with Crippen molar-refractivity contribution >= 4 is 40.0 Å². The monoisotopic (exact) mass is 424 g/mol. The molecule has 0 aromatic heterocycles. The molecule has 2 nitrogen and oxygen atoms in total. The third-order valence-electron chi connectivity index (χ3n) is 3.90. The summed E-state index contributed by atoms with van der Waals surface area (Å²) in [5, 5.41) is 3.43. The van der Waals surface area contributed by atoms with Crippen LogP contribution in [0.25, 0.3) is 0 Å². The van der Waals surface area contributed by atoms with Crippen LogP contribution in [-0.4, -0.2) is 26.2 Å². The topological polar surface area (TPSA) is 15.3 Å². The Morgan fingerprint density at radius 1 is 1.09 bits per heavy atom. The second-order valence-corrected chi connectivity index (χ2v) is 7.40. The third-order valence-corrected chi connectivity index (χ3v) is 5.91. The first-order valence-corrected chi connectivity index (χ1v) is 10.00. The van der Waals surface area contributed by atoms with Crippen LogP contribution in [0.15, 0.2) is 52.3 Å². The lowest BCUT2D eigenvalue weighted by Gasteiger charge is -2.31. The fraction of sp³-hybridized carbons (Fsp3) is 0.333. The number of halogens is 1. The van der Waals surface area contributed by atoms with Gasteiger partial charge in [-0.3, -0.25) is 0 Å². The summed E-state index contributed by atoms with van der Waals surface area (Å²) in [6, 6.07) is 15.6.